The van der Waals surface area contributed by atoms with Crippen LogP contribution in [0.5, 0.6) is 0 Å². The van der Waals surface area contributed by atoms with E-state index in [1.54, 1.807) is 30.5 Å². The Morgan fingerprint density at radius 1 is 1.06 bits per heavy atom. The summed E-state index contributed by atoms with van der Waals surface area (Å²) in [6.45, 7) is 1.90. The Morgan fingerprint density at radius 3 is 2.43 bits per heavy atom. The minimum absolute atomic E-state index is 0.0558. The zero-order valence-corrected chi connectivity index (χ0v) is 20.4. The first-order chi connectivity index (χ1) is 16.8. The molecule has 0 saturated heterocycles. The molecule has 0 bridgehead atoms. The summed E-state index contributed by atoms with van der Waals surface area (Å²) in [6.07, 6.45) is 5.01. The van der Waals surface area contributed by atoms with Crippen LogP contribution in [0.15, 0.2) is 40.9 Å². The third kappa shape index (κ3) is 5.35. The molecule has 3 aromatic rings. The number of ether oxygens (including phenoxy) is 1. The number of carbonyl (C=O) groups is 3. The van der Waals surface area contributed by atoms with Gasteiger partial charge in [0.05, 0.1) is 12.7 Å². The van der Waals surface area contributed by atoms with Crippen LogP contribution in [-0.2, 0) is 9.53 Å². The van der Waals surface area contributed by atoms with Crippen LogP contribution in [0.1, 0.15) is 52.2 Å². The minimum atomic E-state index is -0.552. The van der Waals surface area contributed by atoms with Gasteiger partial charge in [0.15, 0.2) is 0 Å². The highest BCUT2D eigenvalue weighted by atomic mass is 16.5. The highest BCUT2D eigenvalue weighted by Crippen LogP contribution is 2.34. The topological polar surface area (TPSA) is 114 Å². The maximum atomic E-state index is 13.2. The number of rotatable bonds is 6. The Hall–Kier alpha value is -3.72. The lowest BCUT2D eigenvalue weighted by Gasteiger charge is -2.31. The maximum Gasteiger partial charge on any atom is 0.337 e. The van der Waals surface area contributed by atoms with Crippen molar-refractivity contribution >= 4 is 40.3 Å². The molecule has 9 nitrogen and oxygen atoms in total. The smallest absolute Gasteiger partial charge is 0.337 e. The minimum Gasteiger partial charge on any atom is -0.465 e. The van der Waals surface area contributed by atoms with Crippen molar-refractivity contribution < 1.29 is 23.5 Å². The van der Waals surface area contributed by atoms with Crippen LogP contribution in [-0.4, -0.2) is 54.9 Å². The van der Waals surface area contributed by atoms with Crippen LogP contribution in [0.4, 0.5) is 11.5 Å². The molecule has 0 spiro atoms. The number of anilines is 2. The number of amides is 2. The van der Waals surface area contributed by atoms with E-state index in [-0.39, 0.29) is 28.8 Å². The molecular formula is C26H30N4O5. The summed E-state index contributed by atoms with van der Waals surface area (Å²) < 4.78 is 10.7. The Labute approximate surface area is 203 Å². The highest BCUT2D eigenvalue weighted by Gasteiger charge is 2.30. The molecule has 1 fully saturated rings. The summed E-state index contributed by atoms with van der Waals surface area (Å²) in [5.41, 5.74) is 1.84. The van der Waals surface area contributed by atoms with Crippen LogP contribution in [0.25, 0.3) is 11.0 Å². The number of fused-ring (bicyclic) bond motifs is 1. The normalized spacial score (nSPS) is 17.9. The highest BCUT2D eigenvalue weighted by molar-refractivity contribution is 6.15. The molecule has 2 N–H and O–H groups in total. The lowest BCUT2D eigenvalue weighted by atomic mass is 9.85. The van der Waals surface area contributed by atoms with E-state index in [2.05, 4.69) is 34.6 Å². The van der Waals surface area contributed by atoms with Gasteiger partial charge in [-0.1, -0.05) is 6.07 Å². The van der Waals surface area contributed by atoms with Gasteiger partial charge in [-0.2, -0.15) is 0 Å². The summed E-state index contributed by atoms with van der Waals surface area (Å²) >= 11 is 0. The van der Waals surface area contributed by atoms with Crippen LogP contribution in [0, 0.1) is 12.8 Å². The molecule has 0 aliphatic heterocycles. The molecule has 1 aliphatic rings. The average Bonchev–Trinajstić information content (AvgIpc) is 3.22. The molecule has 0 atom stereocenters. The first-order valence-electron chi connectivity index (χ1n) is 11.6. The van der Waals surface area contributed by atoms with Crippen LogP contribution < -0.4 is 10.6 Å². The van der Waals surface area contributed by atoms with E-state index in [1.807, 2.05) is 13.0 Å². The molecule has 9 heteroatoms. The van der Waals surface area contributed by atoms with Gasteiger partial charge in [-0.15, -0.1) is 0 Å². The molecular weight excluding hydrogens is 448 g/mol. The third-order valence-electron chi connectivity index (χ3n) is 6.51. The number of furan rings is 1. The standard InChI is InChI=1S/C26H30N4O5/c1-15-5-12-21(27-14-15)28-25(32)23-22(19-13-17(26(33)34-4)8-11-20(19)35-23)29-24(31)16-6-9-18(10-7-16)30(2)3/h5,8,11-14,16,18H,6-7,9-10H2,1-4H3,(H,29,31)(H,27,28,32)/t16-,18-. The number of nitrogens with one attached hydrogen (secondary N) is 2. The van der Waals surface area contributed by atoms with Crippen molar-refractivity contribution in [2.75, 3.05) is 31.8 Å². The predicted molar refractivity (Wildman–Crippen MR) is 133 cm³/mol. The molecule has 1 saturated carbocycles. The largest absolute Gasteiger partial charge is 0.465 e. The number of nitrogens with zero attached hydrogens (tertiary/aromatic N) is 2. The van der Waals surface area contributed by atoms with Gasteiger partial charge in [-0.05, 0) is 76.5 Å². The fourth-order valence-electron chi connectivity index (χ4n) is 4.42. The number of methoxy groups -OCH3 is 1. The van der Waals surface area contributed by atoms with Crippen LogP contribution in [0.2, 0.25) is 0 Å². The zero-order chi connectivity index (χ0) is 25.1. The molecule has 0 unspecified atom stereocenters. The molecule has 4 rings (SSSR count). The van der Waals surface area contributed by atoms with E-state index in [0.29, 0.717) is 22.8 Å². The first-order valence-corrected chi connectivity index (χ1v) is 11.6. The van der Waals surface area contributed by atoms with Gasteiger partial charge in [0.25, 0.3) is 5.91 Å². The Kier molecular flexibility index (Phi) is 7.16. The number of carbonyl (C=O) groups excluding carboxylic acids is 3. The quantitative estimate of drug-likeness (QED) is 0.510. The van der Waals surface area contributed by atoms with Crippen molar-refractivity contribution in [3.05, 3.63) is 53.4 Å². The fourth-order valence-corrected chi connectivity index (χ4v) is 4.42. The molecule has 1 aliphatic carbocycles. The van der Waals surface area contributed by atoms with Gasteiger partial charge in [-0.3, -0.25) is 9.59 Å². The summed E-state index contributed by atoms with van der Waals surface area (Å²) in [4.78, 5) is 44.9. The summed E-state index contributed by atoms with van der Waals surface area (Å²) in [6, 6.07) is 8.67. The van der Waals surface area contributed by atoms with Gasteiger partial charge in [0, 0.05) is 23.5 Å². The second kappa shape index (κ2) is 10.3. The number of aromatic nitrogens is 1. The maximum absolute atomic E-state index is 13.2. The third-order valence-corrected chi connectivity index (χ3v) is 6.51. The van der Waals surface area contributed by atoms with Gasteiger partial charge < -0.3 is 24.7 Å². The van der Waals surface area contributed by atoms with Crippen molar-refractivity contribution in [2.45, 2.75) is 38.6 Å². The Balaban J connectivity index is 1.65. The van der Waals surface area contributed by atoms with E-state index in [9.17, 15) is 14.4 Å². The fraction of sp³-hybridized carbons (Fsp3) is 0.385. The summed E-state index contributed by atoms with van der Waals surface area (Å²) in [5.74, 6) is -1.12. The summed E-state index contributed by atoms with van der Waals surface area (Å²) in [7, 11) is 5.40. The van der Waals surface area contributed by atoms with Gasteiger partial charge >= 0.3 is 5.97 Å². The Bertz CT molecular complexity index is 1240. The van der Waals surface area contributed by atoms with E-state index in [1.165, 1.54) is 7.11 Å². The van der Waals surface area contributed by atoms with E-state index < -0.39 is 11.9 Å². The number of esters is 1. The molecule has 35 heavy (non-hydrogen) atoms. The Morgan fingerprint density at radius 2 is 1.80 bits per heavy atom. The molecule has 0 radical (unpaired) electrons. The van der Waals surface area contributed by atoms with E-state index >= 15 is 0 Å². The molecule has 2 aromatic heterocycles. The van der Waals surface area contributed by atoms with Crippen LogP contribution in [0.3, 0.4) is 0 Å². The first kappa shape index (κ1) is 24.4. The number of pyridine rings is 1. The monoisotopic (exact) mass is 478 g/mol. The molecule has 1 aromatic carbocycles. The molecule has 2 heterocycles. The van der Waals surface area contributed by atoms with Gasteiger partial charge in [-0.25, -0.2) is 9.78 Å². The second-order valence-corrected chi connectivity index (χ2v) is 9.14. The summed E-state index contributed by atoms with van der Waals surface area (Å²) in [5, 5.41) is 6.09. The predicted octanol–water partition coefficient (Wildman–Crippen LogP) is 4.23. The van der Waals surface area contributed by atoms with E-state index in [0.717, 1.165) is 31.2 Å². The number of aryl methyl sites for hydroxylation is 1. The lowest BCUT2D eigenvalue weighted by Crippen LogP contribution is -2.35. The van der Waals surface area contributed by atoms with E-state index in [4.69, 9.17) is 9.15 Å². The zero-order valence-electron chi connectivity index (χ0n) is 20.4. The number of hydrogen-bond acceptors (Lipinski definition) is 7. The van der Waals surface area contributed by atoms with Crippen molar-refractivity contribution in [3.63, 3.8) is 0 Å². The van der Waals surface area contributed by atoms with Crippen molar-refractivity contribution in [1.29, 1.82) is 0 Å². The average molecular weight is 479 g/mol. The number of hydrogen-bond donors (Lipinski definition) is 2. The van der Waals surface area contributed by atoms with Crippen molar-refractivity contribution in [2.24, 2.45) is 5.92 Å². The van der Waals surface area contributed by atoms with Crippen molar-refractivity contribution in [1.82, 2.24) is 9.88 Å². The van der Waals surface area contributed by atoms with Crippen molar-refractivity contribution in [3.8, 4) is 0 Å². The lowest BCUT2D eigenvalue weighted by molar-refractivity contribution is -0.121. The van der Waals surface area contributed by atoms with Gasteiger partial charge in [0.2, 0.25) is 11.7 Å². The SMILES string of the molecule is COC(=O)c1ccc2oc(C(=O)Nc3ccc(C)cn3)c(NC(=O)[C@H]3CC[C@H](N(C)C)CC3)c2c1. The number of benzene rings is 1. The van der Waals surface area contributed by atoms with Crippen LogP contribution >= 0.6 is 0 Å². The molecule has 184 valence electrons. The molecule has 2 amide bonds. The van der Waals surface area contributed by atoms with Gasteiger partial charge in [0.1, 0.15) is 17.1 Å². The second-order valence-electron chi connectivity index (χ2n) is 9.14.